The fourth-order valence-electron chi connectivity index (χ4n) is 2.79. The molecule has 2 heterocycles. The Morgan fingerprint density at radius 3 is 2.62 bits per heavy atom. The molecule has 1 amide bonds. The quantitative estimate of drug-likeness (QED) is 0.726. The number of hydrogen-bond donors (Lipinski definition) is 0. The Morgan fingerprint density at radius 1 is 1.33 bits per heavy atom. The van der Waals surface area contributed by atoms with Gasteiger partial charge in [0.1, 0.15) is 0 Å². The van der Waals surface area contributed by atoms with Crippen LogP contribution in [0.3, 0.4) is 0 Å². The van der Waals surface area contributed by atoms with Gasteiger partial charge in [-0.3, -0.25) is 9.79 Å². The number of rotatable bonds is 3. The van der Waals surface area contributed by atoms with Gasteiger partial charge in [0, 0.05) is 24.3 Å². The Kier molecular flexibility index (Phi) is 4.94. The van der Waals surface area contributed by atoms with Crippen LogP contribution in [-0.2, 0) is 14.6 Å². The Balaban J connectivity index is 1.87. The van der Waals surface area contributed by atoms with Crippen molar-refractivity contribution in [1.82, 2.24) is 4.90 Å². The fourth-order valence-corrected chi connectivity index (χ4v) is 6.00. The number of amidine groups is 1. The highest BCUT2D eigenvalue weighted by atomic mass is 79.9. The first-order valence-electron chi connectivity index (χ1n) is 7.43. The maximum absolute atomic E-state index is 12.0. The number of carbonyl (C=O) groups excluding carboxylic acids is 1. The smallest absolute Gasteiger partial charge is 0.232 e. The summed E-state index contributed by atoms with van der Waals surface area (Å²) in [5.74, 6) is 0.466. The predicted molar refractivity (Wildman–Crippen MR) is 101 cm³/mol. The van der Waals surface area contributed by atoms with Crippen LogP contribution >= 0.6 is 27.7 Å². The molecule has 130 valence electrons. The van der Waals surface area contributed by atoms with Gasteiger partial charge in [-0.05, 0) is 24.3 Å². The molecule has 2 aliphatic rings. The highest BCUT2D eigenvalue weighted by molar-refractivity contribution is 9.10. The summed E-state index contributed by atoms with van der Waals surface area (Å²) < 4.78 is 24.9. The molecule has 3 rings (SSSR count). The molecule has 0 spiro atoms. The molecule has 0 N–H and O–H groups in total. The van der Waals surface area contributed by atoms with Crippen LogP contribution in [0, 0.1) is 0 Å². The first kappa shape index (κ1) is 17.8. The average Bonchev–Trinajstić information content (AvgIpc) is 2.97. The summed E-state index contributed by atoms with van der Waals surface area (Å²) in [6.45, 7) is 0. The average molecular weight is 432 g/mol. The van der Waals surface area contributed by atoms with E-state index in [9.17, 15) is 13.2 Å². The molecule has 9 heteroatoms. The van der Waals surface area contributed by atoms with Gasteiger partial charge in [-0.25, -0.2) is 8.42 Å². The number of fused-ring (bicyclic) bond motifs is 1. The van der Waals surface area contributed by atoms with Crippen molar-refractivity contribution in [2.45, 2.75) is 12.1 Å². The monoisotopic (exact) mass is 431 g/mol. The molecule has 0 radical (unpaired) electrons. The molecular formula is C15H18BrN3O3S2. The SMILES string of the molecule is CN(C)C(=O)CSC1=N[C@@H]2CS(=O)(=O)C[C@@H]2N1c1ccc(Br)cc1. The number of nitrogens with zero attached hydrogens (tertiary/aromatic N) is 3. The number of thioether (sulfide) groups is 1. The number of carbonyl (C=O) groups is 1. The third kappa shape index (κ3) is 3.62. The Morgan fingerprint density at radius 2 is 2.00 bits per heavy atom. The minimum absolute atomic E-state index is 0.00290. The zero-order valence-electron chi connectivity index (χ0n) is 13.3. The van der Waals surface area contributed by atoms with Gasteiger partial charge in [-0.1, -0.05) is 27.7 Å². The summed E-state index contributed by atoms with van der Waals surface area (Å²) >= 11 is 4.77. The number of amides is 1. The summed E-state index contributed by atoms with van der Waals surface area (Å²) in [4.78, 5) is 20.0. The van der Waals surface area contributed by atoms with Gasteiger partial charge >= 0.3 is 0 Å². The molecule has 24 heavy (non-hydrogen) atoms. The summed E-state index contributed by atoms with van der Waals surface area (Å²) in [5, 5.41) is 0.720. The molecule has 2 atom stereocenters. The van der Waals surface area contributed by atoms with Crippen LogP contribution in [0.4, 0.5) is 5.69 Å². The lowest BCUT2D eigenvalue weighted by Crippen LogP contribution is -2.39. The Bertz CT molecular complexity index is 778. The zero-order chi connectivity index (χ0) is 17.5. The second kappa shape index (κ2) is 6.68. The van der Waals surface area contributed by atoms with Crippen LogP contribution in [0.5, 0.6) is 0 Å². The van der Waals surface area contributed by atoms with Crippen LogP contribution in [-0.4, -0.2) is 67.8 Å². The summed E-state index contributed by atoms with van der Waals surface area (Å²) in [6, 6.07) is 7.25. The Hall–Kier alpha value is -1.06. The van der Waals surface area contributed by atoms with E-state index in [0.717, 1.165) is 15.3 Å². The van der Waals surface area contributed by atoms with Crippen LogP contribution in [0.25, 0.3) is 0 Å². The van der Waals surface area contributed by atoms with Crippen molar-refractivity contribution in [3.05, 3.63) is 28.7 Å². The maximum Gasteiger partial charge on any atom is 0.232 e. The molecule has 0 aromatic heterocycles. The maximum atomic E-state index is 12.0. The molecule has 0 saturated carbocycles. The van der Waals surface area contributed by atoms with Crippen molar-refractivity contribution in [3.8, 4) is 0 Å². The standard InChI is InChI=1S/C15H18BrN3O3S2/c1-18(2)14(20)7-23-15-17-12-8-24(21,22)9-13(12)19(15)11-5-3-10(16)4-6-11/h3-6,12-13H,7-9H2,1-2H3/t12-,13+/m1/s1. The minimum atomic E-state index is -3.07. The van der Waals surface area contributed by atoms with Crippen LogP contribution in [0.2, 0.25) is 0 Å². The summed E-state index contributed by atoms with van der Waals surface area (Å²) in [5.41, 5.74) is 0.895. The first-order valence-corrected chi connectivity index (χ1v) is 11.0. The minimum Gasteiger partial charge on any atom is -0.348 e. The molecule has 0 bridgehead atoms. The van der Waals surface area contributed by atoms with Gasteiger partial charge in [0.05, 0.1) is 29.3 Å². The van der Waals surface area contributed by atoms with Crippen molar-refractivity contribution >= 4 is 54.3 Å². The molecule has 0 unspecified atom stereocenters. The van der Waals surface area contributed by atoms with Crippen LogP contribution in [0.15, 0.2) is 33.7 Å². The van der Waals surface area contributed by atoms with Crippen LogP contribution < -0.4 is 4.90 Å². The van der Waals surface area contributed by atoms with E-state index in [1.165, 1.54) is 16.7 Å². The summed E-state index contributed by atoms with van der Waals surface area (Å²) in [7, 11) is 0.366. The lowest BCUT2D eigenvalue weighted by molar-refractivity contribution is -0.125. The topological polar surface area (TPSA) is 70.0 Å². The van der Waals surface area contributed by atoms with Gasteiger partial charge in [0.25, 0.3) is 0 Å². The normalized spacial score (nSPS) is 24.6. The lowest BCUT2D eigenvalue weighted by atomic mass is 10.1. The second-order valence-electron chi connectivity index (χ2n) is 6.05. The highest BCUT2D eigenvalue weighted by Crippen LogP contribution is 2.35. The van der Waals surface area contributed by atoms with Gasteiger partial charge in [0.15, 0.2) is 15.0 Å². The van der Waals surface area contributed by atoms with Gasteiger partial charge < -0.3 is 9.80 Å². The fraction of sp³-hybridized carbons (Fsp3) is 0.467. The van der Waals surface area contributed by atoms with Crippen molar-refractivity contribution in [2.75, 3.05) is 36.3 Å². The number of hydrogen-bond acceptors (Lipinski definition) is 6. The van der Waals surface area contributed by atoms with E-state index in [0.29, 0.717) is 0 Å². The second-order valence-corrected chi connectivity index (χ2v) is 10.1. The number of aliphatic imine (C=N–C) groups is 1. The molecule has 1 aromatic carbocycles. The van der Waals surface area contributed by atoms with Crippen molar-refractivity contribution in [2.24, 2.45) is 4.99 Å². The largest absolute Gasteiger partial charge is 0.348 e. The molecule has 2 aliphatic heterocycles. The summed E-state index contributed by atoms with van der Waals surface area (Å²) in [6.07, 6.45) is 0. The molecular weight excluding hydrogens is 414 g/mol. The van der Waals surface area contributed by atoms with Crippen molar-refractivity contribution < 1.29 is 13.2 Å². The van der Waals surface area contributed by atoms with Crippen molar-refractivity contribution in [1.29, 1.82) is 0 Å². The van der Waals surface area contributed by atoms with Crippen molar-refractivity contribution in [3.63, 3.8) is 0 Å². The molecule has 1 saturated heterocycles. The van der Waals surface area contributed by atoms with Crippen LogP contribution in [0.1, 0.15) is 0 Å². The van der Waals surface area contributed by atoms with E-state index >= 15 is 0 Å². The molecule has 1 fully saturated rings. The lowest BCUT2D eigenvalue weighted by Gasteiger charge is -2.26. The third-order valence-electron chi connectivity index (χ3n) is 4.04. The number of halogens is 1. The van der Waals surface area contributed by atoms with Gasteiger partial charge in [-0.2, -0.15) is 0 Å². The number of benzene rings is 1. The van der Waals surface area contributed by atoms with Gasteiger partial charge in [-0.15, -0.1) is 0 Å². The van der Waals surface area contributed by atoms with E-state index in [1.807, 2.05) is 29.2 Å². The van der Waals surface area contributed by atoms with E-state index < -0.39 is 9.84 Å². The third-order valence-corrected chi connectivity index (χ3v) is 7.21. The first-order chi connectivity index (χ1) is 11.3. The highest BCUT2D eigenvalue weighted by Gasteiger charge is 2.47. The van der Waals surface area contributed by atoms with E-state index in [1.54, 1.807) is 14.1 Å². The number of anilines is 1. The number of sulfone groups is 1. The molecule has 0 aliphatic carbocycles. The predicted octanol–water partition coefficient (Wildman–Crippen LogP) is 1.61. The van der Waals surface area contributed by atoms with E-state index in [2.05, 4.69) is 20.9 Å². The zero-order valence-corrected chi connectivity index (χ0v) is 16.6. The molecule has 1 aromatic rings. The van der Waals surface area contributed by atoms with E-state index in [4.69, 9.17) is 0 Å². The van der Waals surface area contributed by atoms with E-state index in [-0.39, 0.29) is 35.2 Å². The van der Waals surface area contributed by atoms with Gasteiger partial charge in [0.2, 0.25) is 5.91 Å². The molecule has 6 nitrogen and oxygen atoms in total. The Labute approximate surface area is 154 Å².